The Bertz CT molecular complexity index is 115. The van der Waals surface area contributed by atoms with Crippen molar-refractivity contribution in [3.63, 3.8) is 0 Å². The van der Waals surface area contributed by atoms with Gasteiger partial charge in [0.2, 0.25) is 0 Å². The molecule has 0 aromatic heterocycles. The van der Waals surface area contributed by atoms with Crippen LogP contribution in [-0.4, -0.2) is 12.8 Å². The van der Waals surface area contributed by atoms with Crippen LogP contribution >= 0.6 is 67.8 Å². The minimum atomic E-state index is 0.975. The molecule has 1 fully saturated rings. The van der Waals surface area contributed by atoms with Gasteiger partial charge in [0, 0.05) is 12.8 Å². The van der Waals surface area contributed by atoms with Gasteiger partial charge in [0.25, 0.3) is 0 Å². The number of hydrogen-bond acceptors (Lipinski definition) is 0. The van der Waals surface area contributed by atoms with Crippen LogP contribution in [0.15, 0.2) is 0 Å². The summed E-state index contributed by atoms with van der Waals surface area (Å²) in [6, 6.07) is 0. The molecule has 1 saturated carbocycles. The van der Waals surface area contributed by atoms with Crippen molar-refractivity contribution in [2.45, 2.75) is 29.6 Å². The summed E-state index contributed by atoms with van der Waals surface area (Å²) in [7, 11) is 0. The van der Waals surface area contributed by atoms with Crippen LogP contribution in [0.3, 0.4) is 0 Å². The third kappa shape index (κ3) is 3.74. The van der Waals surface area contributed by atoms with Crippen molar-refractivity contribution in [2.24, 2.45) is 11.8 Å². The lowest BCUT2D eigenvalue weighted by Crippen LogP contribution is -2.23. The molecule has 0 saturated heterocycles. The van der Waals surface area contributed by atoms with Crippen molar-refractivity contribution >= 4 is 67.8 Å². The standard InChI is InChI=1S/C9H15I3/c10-5-8(6-11)7-1-3-9(12)4-2-7/h7-9H,1-6H2. The molecule has 0 aromatic carbocycles. The van der Waals surface area contributed by atoms with Crippen LogP contribution < -0.4 is 0 Å². The lowest BCUT2D eigenvalue weighted by atomic mass is 9.82. The number of rotatable bonds is 3. The van der Waals surface area contributed by atoms with Crippen molar-refractivity contribution in [3.8, 4) is 0 Å². The predicted molar refractivity (Wildman–Crippen MR) is 81.0 cm³/mol. The molecule has 0 radical (unpaired) electrons. The summed E-state index contributed by atoms with van der Waals surface area (Å²) in [5.41, 5.74) is 0. The Balaban J connectivity index is 2.32. The maximum Gasteiger partial charge on any atom is 0.0110 e. The van der Waals surface area contributed by atoms with Crippen LogP contribution in [0.25, 0.3) is 0 Å². The van der Waals surface area contributed by atoms with Crippen molar-refractivity contribution in [3.05, 3.63) is 0 Å². The Hall–Kier alpha value is 2.19. The zero-order valence-electron chi connectivity index (χ0n) is 7.11. The van der Waals surface area contributed by atoms with Gasteiger partial charge in [0.15, 0.2) is 0 Å². The lowest BCUT2D eigenvalue weighted by molar-refractivity contribution is 0.300. The zero-order valence-corrected chi connectivity index (χ0v) is 13.6. The fraction of sp³-hybridized carbons (Fsp3) is 1.00. The van der Waals surface area contributed by atoms with Gasteiger partial charge in [0.05, 0.1) is 0 Å². The lowest BCUT2D eigenvalue weighted by Gasteiger charge is -2.30. The first-order valence-electron chi connectivity index (χ1n) is 4.54. The van der Waals surface area contributed by atoms with E-state index in [-0.39, 0.29) is 0 Å². The van der Waals surface area contributed by atoms with Crippen molar-refractivity contribution in [1.29, 1.82) is 0 Å². The van der Waals surface area contributed by atoms with Crippen molar-refractivity contribution in [1.82, 2.24) is 0 Å². The third-order valence-electron chi connectivity index (χ3n) is 2.76. The Morgan fingerprint density at radius 3 is 1.92 bits per heavy atom. The highest BCUT2D eigenvalue weighted by Crippen LogP contribution is 2.35. The maximum absolute atomic E-state index is 2.61. The second kappa shape index (κ2) is 6.63. The van der Waals surface area contributed by atoms with E-state index in [4.69, 9.17) is 0 Å². The molecule has 0 aliphatic heterocycles. The van der Waals surface area contributed by atoms with Gasteiger partial charge in [-0.25, -0.2) is 0 Å². The van der Waals surface area contributed by atoms with Crippen molar-refractivity contribution < 1.29 is 0 Å². The van der Waals surface area contributed by atoms with E-state index < -0.39 is 0 Å². The van der Waals surface area contributed by atoms with Crippen molar-refractivity contribution in [2.75, 3.05) is 8.86 Å². The first-order chi connectivity index (χ1) is 5.77. The van der Waals surface area contributed by atoms with Gasteiger partial charge >= 0.3 is 0 Å². The minimum Gasteiger partial charge on any atom is -0.0860 e. The van der Waals surface area contributed by atoms with E-state index in [0.717, 1.165) is 15.8 Å². The second-order valence-electron chi connectivity index (χ2n) is 3.58. The molecule has 3 heteroatoms. The SMILES string of the molecule is ICC(CI)C1CCC(I)CC1. The molecule has 0 heterocycles. The summed E-state index contributed by atoms with van der Waals surface area (Å²) in [6.07, 6.45) is 5.92. The first kappa shape index (κ1) is 12.3. The minimum absolute atomic E-state index is 0.975. The normalized spacial score (nSPS) is 31.0. The topological polar surface area (TPSA) is 0 Å². The number of alkyl halides is 3. The molecule has 0 atom stereocenters. The largest absolute Gasteiger partial charge is 0.0860 e. The molecule has 1 aliphatic carbocycles. The molecule has 1 rings (SSSR count). The molecule has 0 nitrogen and oxygen atoms in total. The van der Waals surface area contributed by atoms with E-state index in [0.29, 0.717) is 0 Å². The highest BCUT2D eigenvalue weighted by atomic mass is 127. The van der Waals surface area contributed by atoms with Gasteiger partial charge in [-0.15, -0.1) is 0 Å². The Morgan fingerprint density at radius 2 is 1.50 bits per heavy atom. The summed E-state index contributed by atoms with van der Waals surface area (Å²) in [5.74, 6) is 2.04. The van der Waals surface area contributed by atoms with Gasteiger partial charge in [-0.05, 0) is 37.5 Å². The molecule has 0 spiro atoms. The van der Waals surface area contributed by atoms with Crippen LogP contribution in [0.5, 0.6) is 0 Å². The van der Waals surface area contributed by atoms with Crippen LogP contribution in [0, 0.1) is 11.8 Å². The van der Waals surface area contributed by atoms with E-state index in [1.165, 1.54) is 34.5 Å². The fourth-order valence-electron chi connectivity index (χ4n) is 1.84. The molecule has 1 aliphatic rings. The summed E-state index contributed by atoms with van der Waals surface area (Å²) >= 11 is 7.71. The molecule has 0 bridgehead atoms. The summed E-state index contributed by atoms with van der Waals surface area (Å²) in [4.78, 5) is 0. The highest BCUT2D eigenvalue weighted by molar-refractivity contribution is 14.1. The Labute approximate surface area is 116 Å². The number of hydrogen-bond donors (Lipinski definition) is 0. The van der Waals surface area contributed by atoms with Gasteiger partial charge in [-0.1, -0.05) is 67.8 Å². The average Bonchev–Trinajstić information content (AvgIpc) is 2.10. The molecule has 0 amide bonds. The third-order valence-corrected chi connectivity index (χ3v) is 6.27. The van der Waals surface area contributed by atoms with E-state index in [2.05, 4.69) is 67.8 Å². The summed E-state index contributed by atoms with van der Waals surface area (Å²) in [6.45, 7) is 0. The molecular weight excluding hydrogens is 489 g/mol. The van der Waals surface area contributed by atoms with E-state index in [1.807, 2.05) is 0 Å². The molecule has 12 heavy (non-hydrogen) atoms. The Kier molecular flexibility index (Phi) is 6.78. The van der Waals surface area contributed by atoms with Crippen LogP contribution in [0.1, 0.15) is 25.7 Å². The van der Waals surface area contributed by atoms with Gasteiger partial charge in [-0.3, -0.25) is 0 Å². The first-order valence-corrected chi connectivity index (χ1v) is 8.83. The van der Waals surface area contributed by atoms with Gasteiger partial charge in [0.1, 0.15) is 0 Å². The highest BCUT2D eigenvalue weighted by Gasteiger charge is 2.24. The average molecular weight is 504 g/mol. The molecular formula is C9H15I3. The second-order valence-corrected chi connectivity index (χ2v) is 7.10. The summed E-state index contributed by atoms with van der Waals surface area (Å²) in [5, 5.41) is 0. The van der Waals surface area contributed by atoms with Crippen LogP contribution in [0.4, 0.5) is 0 Å². The van der Waals surface area contributed by atoms with E-state index in [9.17, 15) is 0 Å². The molecule has 0 unspecified atom stereocenters. The zero-order chi connectivity index (χ0) is 8.97. The molecule has 0 aromatic rings. The quantitative estimate of drug-likeness (QED) is 0.394. The fourth-order valence-corrected chi connectivity index (χ4v) is 5.82. The number of halogens is 3. The molecule has 72 valence electrons. The predicted octanol–water partition coefficient (Wildman–Crippen LogP) is 4.47. The maximum atomic E-state index is 2.61. The molecule has 0 N–H and O–H groups in total. The van der Waals surface area contributed by atoms with Gasteiger partial charge < -0.3 is 0 Å². The van der Waals surface area contributed by atoms with E-state index in [1.54, 1.807) is 0 Å². The Morgan fingerprint density at radius 1 is 1.00 bits per heavy atom. The van der Waals surface area contributed by atoms with Gasteiger partial charge in [-0.2, -0.15) is 0 Å². The summed E-state index contributed by atoms with van der Waals surface area (Å²) < 4.78 is 3.69. The monoisotopic (exact) mass is 504 g/mol. The van der Waals surface area contributed by atoms with Crippen LogP contribution in [0.2, 0.25) is 0 Å². The van der Waals surface area contributed by atoms with E-state index >= 15 is 0 Å². The van der Waals surface area contributed by atoms with Crippen LogP contribution in [-0.2, 0) is 0 Å². The smallest absolute Gasteiger partial charge is 0.0110 e.